The van der Waals surface area contributed by atoms with E-state index in [2.05, 4.69) is 22.0 Å². The van der Waals surface area contributed by atoms with E-state index in [1.807, 2.05) is 6.07 Å². The Bertz CT molecular complexity index is 360. The number of hydrogen-bond acceptors (Lipinski definition) is 3. The maximum atomic E-state index is 8.80. The molecule has 1 rings (SSSR count). The third-order valence-electron chi connectivity index (χ3n) is 1.83. The summed E-state index contributed by atoms with van der Waals surface area (Å²) in [5.41, 5.74) is 0.583. The van der Waals surface area contributed by atoms with Gasteiger partial charge in [0.2, 0.25) is 0 Å². The Kier molecular flexibility index (Phi) is 5.16. The number of nitriles is 1. The molecular weight excluding hydrogens is 258 g/mol. The van der Waals surface area contributed by atoms with Crippen LogP contribution in [0.15, 0.2) is 22.7 Å². The van der Waals surface area contributed by atoms with Gasteiger partial charge in [0.25, 0.3) is 0 Å². The van der Waals surface area contributed by atoms with Crippen LogP contribution < -0.4 is 4.74 Å². The van der Waals surface area contributed by atoms with E-state index >= 15 is 0 Å². The van der Waals surface area contributed by atoms with E-state index in [1.54, 1.807) is 19.2 Å². The van der Waals surface area contributed by atoms with Gasteiger partial charge in [-0.05, 0) is 28.1 Å². The smallest absolute Gasteiger partial charge is 0.134 e. The summed E-state index contributed by atoms with van der Waals surface area (Å²) >= 11 is 3.33. The molecule has 0 aliphatic rings. The van der Waals surface area contributed by atoms with Gasteiger partial charge in [0.05, 0.1) is 16.6 Å². The van der Waals surface area contributed by atoms with Gasteiger partial charge in [-0.25, -0.2) is 0 Å². The Morgan fingerprint density at radius 1 is 1.40 bits per heavy atom. The molecule has 1 aromatic rings. The van der Waals surface area contributed by atoms with Crippen molar-refractivity contribution in [1.82, 2.24) is 0 Å². The normalized spacial score (nSPS) is 9.67. The summed E-state index contributed by atoms with van der Waals surface area (Å²) in [5.74, 6) is 0.699. The van der Waals surface area contributed by atoms with Crippen LogP contribution in [-0.2, 0) is 4.74 Å². The summed E-state index contributed by atoms with van der Waals surface area (Å²) in [6, 6.07) is 7.46. The molecule has 0 saturated heterocycles. The zero-order valence-electron chi connectivity index (χ0n) is 8.50. The van der Waals surface area contributed by atoms with Crippen LogP contribution in [-0.4, -0.2) is 20.3 Å². The minimum Gasteiger partial charge on any atom is -0.492 e. The summed E-state index contributed by atoms with van der Waals surface area (Å²) < 4.78 is 11.1. The number of hydrogen-bond donors (Lipinski definition) is 0. The number of nitrogens with zero attached hydrogens (tertiary/aromatic N) is 1. The van der Waals surface area contributed by atoms with Crippen molar-refractivity contribution in [2.24, 2.45) is 0 Å². The van der Waals surface area contributed by atoms with Crippen LogP contribution in [0.2, 0.25) is 0 Å². The lowest BCUT2D eigenvalue weighted by molar-refractivity contribution is 0.172. The fourth-order valence-corrected chi connectivity index (χ4v) is 1.56. The molecule has 1 aromatic carbocycles. The van der Waals surface area contributed by atoms with Crippen LogP contribution in [0, 0.1) is 11.3 Å². The summed E-state index contributed by atoms with van der Waals surface area (Å²) in [5, 5.41) is 8.80. The molecule has 0 aromatic heterocycles. The van der Waals surface area contributed by atoms with Crippen molar-refractivity contribution in [2.75, 3.05) is 20.3 Å². The van der Waals surface area contributed by atoms with Crippen LogP contribution >= 0.6 is 15.9 Å². The highest BCUT2D eigenvalue weighted by Crippen LogP contribution is 2.28. The maximum Gasteiger partial charge on any atom is 0.134 e. The molecule has 80 valence electrons. The fraction of sp³-hybridized carbons (Fsp3) is 0.364. The second-order valence-electron chi connectivity index (χ2n) is 2.92. The van der Waals surface area contributed by atoms with Crippen molar-refractivity contribution in [2.45, 2.75) is 6.42 Å². The standard InChI is InChI=1S/C11H12BrNO2/c1-14-6-3-7-15-10-5-2-4-9(8-13)11(10)12/h2,4-5H,3,6-7H2,1H3. The molecule has 0 amide bonds. The van der Waals surface area contributed by atoms with Gasteiger partial charge < -0.3 is 9.47 Å². The number of halogens is 1. The molecular formula is C11H12BrNO2. The Morgan fingerprint density at radius 3 is 2.87 bits per heavy atom. The molecule has 0 atom stereocenters. The molecule has 4 heteroatoms. The van der Waals surface area contributed by atoms with Crippen LogP contribution in [0.3, 0.4) is 0 Å². The second kappa shape index (κ2) is 6.44. The van der Waals surface area contributed by atoms with E-state index in [-0.39, 0.29) is 0 Å². The molecule has 0 heterocycles. The van der Waals surface area contributed by atoms with Gasteiger partial charge in [0.15, 0.2) is 0 Å². The van der Waals surface area contributed by atoms with Gasteiger partial charge in [0, 0.05) is 20.1 Å². The van der Waals surface area contributed by atoms with Gasteiger partial charge >= 0.3 is 0 Å². The minimum absolute atomic E-state index is 0.583. The highest BCUT2D eigenvalue weighted by Gasteiger charge is 2.05. The SMILES string of the molecule is COCCCOc1cccc(C#N)c1Br. The molecule has 0 saturated carbocycles. The molecule has 0 N–H and O–H groups in total. The fourth-order valence-electron chi connectivity index (χ4n) is 1.09. The predicted octanol–water partition coefficient (Wildman–Crippen LogP) is 2.74. The minimum atomic E-state index is 0.583. The third kappa shape index (κ3) is 3.54. The van der Waals surface area contributed by atoms with E-state index in [4.69, 9.17) is 14.7 Å². The lowest BCUT2D eigenvalue weighted by Gasteiger charge is -2.08. The summed E-state index contributed by atoms with van der Waals surface area (Å²) in [4.78, 5) is 0. The van der Waals surface area contributed by atoms with Crippen molar-refractivity contribution in [3.63, 3.8) is 0 Å². The van der Waals surface area contributed by atoms with Crippen molar-refractivity contribution >= 4 is 15.9 Å². The van der Waals surface area contributed by atoms with Gasteiger partial charge in [-0.1, -0.05) is 6.07 Å². The van der Waals surface area contributed by atoms with E-state index in [0.29, 0.717) is 29.0 Å². The summed E-state index contributed by atoms with van der Waals surface area (Å²) in [7, 11) is 1.66. The topological polar surface area (TPSA) is 42.2 Å². The van der Waals surface area contributed by atoms with Crippen LogP contribution in [0.25, 0.3) is 0 Å². The third-order valence-corrected chi connectivity index (χ3v) is 2.65. The highest BCUT2D eigenvalue weighted by molar-refractivity contribution is 9.10. The largest absolute Gasteiger partial charge is 0.492 e. The zero-order chi connectivity index (χ0) is 11.1. The highest BCUT2D eigenvalue weighted by atomic mass is 79.9. The number of methoxy groups -OCH3 is 1. The quantitative estimate of drug-likeness (QED) is 0.772. The number of rotatable bonds is 5. The molecule has 0 aliphatic carbocycles. The van der Waals surface area contributed by atoms with Crippen LogP contribution in [0.5, 0.6) is 5.75 Å². The van der Waals surface area contributed by atoms with Crippen LogP contribution in [0.4, 0.5) is 0 Å². The van der Waals surface area contributed by atoms with Gasteiger partial charge in [-0.15, -0.1) is 0 Å². The molecule has 15 heavy (non-hydrogen) atoms. The Balaban J connectivity index is 2.58. The second-order valence-corrected chi connectivity index (χ2v) is 3.72. The Morgan fingerprint density at radius 2 is 2.20 bits per heavy atom. The molecule has 0 fully saturated rings. The molecule has 3 nitrogen and oxygen atoms in total. The van der Waals surface area contributed by atoms with E-state index < -0.39 is 0 Å². The first kappa shape index (κ1) is 12.0. The lowest BCUT2D eigenvalue weighted by atomic mass is 10.2. The van der Waals surface area contributed by atoms with Crippen molar-refractivity contribution < 1.29 is 9.47 Å². The maximum absolute atomic E-state index is 8.80. The number of benzene rings is 1. The first-order chi connectivity index (χ1) is 7.29. The average molecular weight is 270 g/mol. The van der Waals surface area contributed by atoms with Crippen molar-refractivity contribution in [1.29, 1.82) is 5.26 Å². The van der Waals surface area contributed by atoms with E-state index in [0.717, 1.165) is 6.42 Å². The van der Waals surface area contributed by atoms with Crippen molar-refractivity contribution in [3.8, 4) is 11.8 Å². The van der Waals surface area contributed by atoms with Crippen molar-refractivity contribution in [3.05, 3.63) is 28.2 Å². The van der Waals surface area contributed by atoms with Gasteiger partial charge in [0.1, 0.15) is 11.8 Å². The molecule has 0 aliphatic heterocycles. The first-order valence-corrected chi connectivity index (χ1v) is 5.39. The zero-order valence-corrected chi connectivity index (χ0v) is 10.1. The molecule has 0 unspecified atom stereocenters. The van der Waals surface area contributed by atoms with Gasteiger partial charge in [-0.2, -0.15) is 5.26 Å². The molecule has 0 spiro atoms. The monoisotopic (exact) mass is 269 g/mol. The summed E-state index contributed by atoms with van der Waals surface area (Å²) in [6.45, 7) is 1.26. The van der Waals surface area contributed by atoms with Gasteiger partial charge in [-0.3, -0.25) is 0 Å². The lowest BCUT2D eigenvalue weighted by Crippen LogP contribution is -2.02. The Labute approximate surface area is 97.7 Å². The van der Waals surface area contributed by atoms with E-state index in [9.17, 15) is 0 Å². The molecule has 0 bridgehead atoms. The predicted molar refractivity (Wildman–Crippen MR) is 60.8 cm³/mol. The summed E-state index contributed by atoms with van der Waals surface area (Å²) in [6.07, 6.45) is 0.833. The number of ether oxygens (including phenoxy) is 2. The van der Waals surface area contributed by atoms with E-state index in [1.165, 1.54) is 0 Å². The average Bonchev–Trinajstić information content (AvgIpc) is 2.26. The first-order valence-electron chi connectivity index (χ1n) is 4.60. The molecule has 0 radical (unpaired) electrons. The Hall–Kier alpha value is -1.05. The van der Waals surface area contributed by atoms with Crippen LogP contribution in [0.1, 0.15) is 12.0 Å².